The van der Waals surface area contributed by atoms with Gasteiger partial charge < -0.3 is 16.0 Å². The molecule has 0 atom stereocenters. The molecule has 0 aliphatic carbocycles. The lowest BCUT2D eigenvalue weighted by molar-refractivity contribution is 1.03. The second kappa shape index (κ2) is 6.21. The van der Waals surface area contributed by atoms with Crippen LogP contribution in [-0.4, -0.2) is 23.2 Å². The molecule has 1 aromatic heterocycles. The molecular formula is C13H14ClN5O. The summed E-state index contributed by atoms with van der Waals surface area (Å²) in [5.41, 5.74) is 1.25. The molecule has 0 saturated heterocycles. The number of aromatic amines is 1. The van der Waals surface area contributed by atoms with Crippen molar-refractivity contribution >= 4 is 29.5 Å². The van der Waals surface area contributed by atoms with Gasteiger partial charge in [-0.15, -0.1) is 0 Å². The van der Waals surface area contributed by atoms with E-state index in [1.165, 1.54) is 0 Å². The van der Waals surface area contributed by atoms with E-state index in [0.717, 1.165) is 11.8 Å². The van der Waals surface area contributed by atoms with Crippen molar-refractivity contribution < 1.29 is 0 Å². The highest BCUT2D eigenvalue weighted by Gasteiger charge is 2.07. The van der Waals surface area contributed by atoms with Gasteiger partial charge in [-0.25, -0.2) is 4.98 Å². The third kappa shape index (κ3) is 3.16. The second-order valence-corrected chi connectivity index (χ2v) is 4.49. The summed E-state index contributed by atoms with van der Waals surface area (Å²) in [5.74, 6) is 0.322. The van der Waals surface area contributed by atoms with Crippen molar-refractivity contribution in [1.82, 2.24) is 9.97 Å². The number of halogens is 1. The van der Waals surface area contributed by atoms with Crippen LogP contribution in [0.25, 0.3) is 0 Å². The molecule has 0 aliphatic heterocycles. The molecule has 2 rings (SSSR count). The molecule has 1 aromatic carbocycles. The highest BCUT2D eigenvalue weighted by molar-refractivity contribution is 6.30. The Labute approximate surface area is 120 Å². The van der Waals surface area contributed by atoms with Crippen molar-refractivity contribution in [2.75, 3.05) is 17.7 Å². The zero-order chi connectivity index (χ0) is 14.5. The monoisotopic (exact) mass is 291 g/mol. The number of rotatable bonds is 5. The van der Waals surface area contributed by atoms with Crippen LogP contribution >= 0.6 is 11.6 Å². The van der Waals surface area contributed by atoms with Crippen LogP contribution in [0.1, 0.15) is 11.3 Å². The van der Waals surface area contributed by atoms with Gasteiger partial charge in [-0.2, -0.15) is 0 Å². The topological polar surface area (TPSA) is 93.7 Å². The van der Waals surface area contributed by atoms with Gasteiger partial charge in [0.2, 0.25) is 5.95 Å². The molecule has 0 spiro atoms. The Kier molecular flexibility index (Phi) is 4.37. The summed E-state index contributed by atoms with van der Waals surface area (Å²) in [6.45, 7) is 0.496. The zero-order valence-corrected chi connectivity index (χ0v) is 11.6. The first-order valence-corrected chi connectivity index (χ1v) is 6.32. The van der Waals surface area contributed by atoms with Crippen LogP contribution in [-0.2, 0) is 6.54 Å². The van der Waals surface area contributed by atoms with Crippen molar-refractivity contribution in [2.45, 2.75) is 6.54 Å². The summed E-state index contributed by atoms with van der Waals surface area (Å²) in [7, 11) is 1.61. The van der Waals surface area contributed by atoms with Gasteiger partial charge in [0.15, 0.2) is 0 Å². The molecule has 2 aromatic rings. The average Bonchev–Trinajstić information content (AvgIpc) is 2.46. The predicted molar refractivity (Wildman–Crippen MR) is 81.1 cm³/mol. The fraction of sp³-hybridized carbons (Fsp3) is 0.154. The second-order valence-electron chi connectivity index (χ2n) is 4.05. The molecule has 4 N–H and O–H groups in total. The van der Waals surface area contributed by atoms with Crippen LogP contribution < -0.4 is 16.2 Å². The molecule has 0 fully saturated rings. The summed E-state index contributed by atoms with van der Waals surface area (Å²) >= 11 is 5.81. The van der Waals surface area contributed by atoms with Crippen molar-refractivity contribution in [3.05, 3.63) is 50.9 Å². The highest BCUT2D eigenvalue weighted by atomic mass is 35.5. The molecule has 20 heavy (non-hydrogen) atoms. The fourth-order valence-electron chi connectivity index (χ4n) is 1.71. The quantitative estimate of drug-likeness (QED) is 0.635. The molecule has 0 amide bonds. The Balaban J connectivity index is 2.18. The Morgan fingerprint density at radius 1 is 1.40 bits per heavy atom. The van der Waals surface area contributed by atoms with Gasteiger partial charge in [0.25, 0.3) is 5.56 Å². The van der Waals surface area contributed by atoms with Crippen LogP contribution in [0.3, 0.4) is 0 Å². The number of nitrogens with one attached hydrogen (secondary N) is 4. The van der Waals surface area contributed by atoms with Gasteiger partial charge in [-0.1, -0.05) is 23.7 Å². The maximum absolute atomic E-state index is 11.8. The van der Waals surface area contributed by atoms with E-state index in [4.69, 9.17) is 17.0 Å². The molecule has 104 valence electrons. The van der Waals surface area contributed by atoms with Crippen LogP contribution in [0, 0.1) is 5.41 Å². The number of benzene rings is 1. The minimum absolute atomic E-state index is 0.275. The largest absolute Gasteiger partial charge is 0.382 e. The van der Waals surface area contributed by atoms with E-state index >= 15 is 0 Å². The fourth-order valence-corrected chi connectivity index (χ4v) is 1.83. The molecule has 7 heteroatoms. The first kappa shape index (κ1) is 14.1. The molecule has 1 heterocycles. The van der Waals surface area contributed by atoms with Crippen molar-refractivity contribution in [3.63, 3.8) is 0 Å². The Morgan fingerprint density at radius 2 is 2.10 bits per heavy atom. The van der Waals surface area contributed by atoms with E-state index in [-0.39, 0.29) is 16.9 Å². The zero-order valence-electron chi connectivity index (χ0n) is 10.8. The normalized spacial score (nSPS) is 10.1. The van der Waals surface area contributed by atoms with Crippen molar-refractivity contribution in [2.24, 2.45) is 0 Å². The minimum atomic E-state index is -0.320. The van der Waals surface area contributed by atoms with E-state index in [9.17, 15) is 4.79 Å². The van der Waals surface area contributed by atoms with Crippen LogP contribution in [0.5, 0.6) is 0 Å². The third-order valence-corrected chi connectivity index (χ3v) is 2.96. The first-order valence-electron chi connectivity index (χ1n) is 5.95. The van der Waals surface area contributed by atoms with E-state index < -0.39 is 0 Å². The SMILES string of the molecule is CNc1c(C=N)nc(NCc2ccc(Cl)cc2)[nH]c1=O. The van der Waals surface area contributed by atoms with E-state index in [0.29, 0.717) is 17.5 Å². The van der Waals surface area contributed by atoms with Crippen LogP contribution in [0.15, 0.2) is 29.1 Å². The average molecular weight is 292 g/mol. The van der Waals surface area contributed by atoms with Crippen molar-refractivity contribution in [1.29, 1.82) is 5.41 Å². The maximum Gasteiger partial charge on any atom is 0.276 e. The van der Waals surface area contributed by atoms with E-state index in [1.807, 2.05) is 12.1 Å². The maximum atomic E-state index is 11.8. The Hall–Kier alpha value is -2.34. The molecule has 0 unspecified atom stereocenters. The lowest BCUT2D eigenvalue weighted by atomic mass is 10.2. The first-order chi connectivity index (χ1) is 9.63. The Morgan fingerprint density at radius 3 is 2.70 bits per heavy atom. The number of hydrogen-bond acceptors (Lipinski definition) is 5. The number of nitrogens with zero attached hydrogens (tertiary/aromatic N) is 1. The third-order valence-electron chi connectivity index (χ3n) is 2.71. The lowest BCUT2D eigenvalue weighted by Gasteiger charge is -2.08. The smallest absolute Gasteiger partial charge is 0.276 e. The molecule has 0 aliphatic rings. The van der Waals surface area contributed by atoms with E-state index in [1.54, 1.807) is 19.2 Å². The summed E-state index contributed by atoms with van der Waals surface area (Å²) in [5, 5.41) is 13.7. The van der Waals surface area contributed by atoms with Crippen LogP contribution in [0.2, 0.25) is 5.02 Å². The van der Waals surface area contributed by atoms with E-state index in [2.05, 4.69) is 20.6 Å². The Bertz CT molecular complexity index is 665. The molecule has 0 saturated carbocycles. The van der Waals surface area contributed by atoms with Gasteiger partial charge in [0.05, 0.1) is 0 Å². The summed E-state index contributed by atoms with van der Waals surface area (Å²) in [4.78, 5) is 18.6. The summed E-state index contributed by atoms with van der Waals surface area (Å²) in [6, 6.07) is 7.35. The number of H-pyrrole nitrogens is 1. The lowest BCUT2D eigenvalue weighted by Crippen LogP contribution is -2.19. The van der Waals surface area contributed by atoms with Gasteiger partial charge in [0, 0.05) is 24.8 Å². The molecule has 0 radical (unpaired) electrons. The van der Waals surface area contributed by atoms with Gasteiger partial charge in [-0.05, 0) is 17.7 Å². The van der Waals surface area contributed by atoms with Gasteiger partial charge in [0.1, 0.15) is 11.4 Å². The van der Waals surface area contributed by atoms with Gasteiger partial charge in [-0.3, -0.25) is 9.78 Å². The van der Waals surface area contributed by atoms with Gasteiger partial charge >= 0.3 is 0 Å². The van der Waals surface area contributed by atoms with Crippen molar-refractivity contribution in [3.8, 4) is 0 Å². The van der Waals surface area contributed by atoms with Crippen LogP contribution in [0.4, 0.5) is 11.6 Å². The molecule has 6 nitrogen and oxygen atoms in total. The number of anilines is 2. The summed E-state index contributed by atoms with van der Waals surface area (Å²) < 4.78 is 0. The standard InChI is InChI=1S/C13H14ClN5O/c1-16-11-10(6-15)18-13(19-12(11)20)17-7-8-2-4-9(14)5-3-8/h2-6,15-16H,7H2,1H3,(H2,17,18,19,20). The molecular weight excluding hydrogens is 278 g/mol. The minimum Gasteiger partial charge on any atom is -0.382 e. The number of hydrogen-bond donors (Lipinski definition) is 4. The number of aromatic nitrogens is 2. The molecule has 0 bridgehead atoms. The highest BCUT2D eigenvalue weighted by Crippen LogP contribution is 2.11. The summed E-state index contributed by atoms with van der Waals surface area (Å²) in [6.07, 6.45) is 1.04. The predicted octanol–water partition coefficient (Wildman–Crippen LogP) is 2.07.